The Kier molecular flexibility index (Phi) is 4.86. The van der Waals surface area contributed by atoms with Gasteiger partial charge in [0.2, 0.25) is 0 Å². The van der Waals surface area contributed by atoms with Crippen LogP contribution in [0.4, 0.5) is 0 Å². The highest BCUT2D eigenvalue weighted by atomic mass is 32.1. The van der Waals surface area contributed by atoms with Gasteiger partial charge in [-0.15, -0.1) is 11.3 Å². The Labute approximate surface area is 109 Å². The van der Waals surface area contributed by atoms with Crippen molar-refractivity contribution in [2.75, 3.05) is 6.54 Å². The first-order chi connectivity index (χ1) is 8.35. The van der Waals surface area contributed by atoms with Crippen LogP contribution < -0.4 is 5.32 Å². The molecule has 0 aliphatic heterocycles. The van der Waals surface area contributed by atoms with Gasteiger partial charge in [0.05, 0.1) is 16.9 Å². The van der Waals surface area contributed by atoms with E-state index >= 15 is 0 Å². The highest BCUT2D eigenvalue weighted by Crippen LogP contribution is 2.17. The van der Waals surface area contributed by atoms with Crippen LogP contribution in [-0.4, -0.2) is 34.2 Å². The Hall–Kier alpha value is -1.40. The van der Waals surface area contributed by atoms with E-state index in [1.165, 1.54) is 18.3 Å². The first-order valence-corrected chi connectivity index (χ1v) is 6.52. The molecule has 0 spiro atoms. The minimum absolute atomic E-state index is 0.0841. The SMILES string of the molecule is CCc1ccsc1C(=O)NCC(C)(O)CC(=O)O. The Morgan fingerprint density at radius 3 is 2.72 bits per heavy atom. The minimum atomic E-state index is -1.44. The molecule has 1 unspecified atom stereocenters. The summed E-state index contributed by atoms with van der Waals surface area (Å²) in [6.45, 7) is 3.26. The Morgan fingerprint density at radius 2 is 2.17 bits per heavy atom. The first-order valence-electron chi connectivity index (χ1n) is 5.64. The van der Waals surface area contributed by atoms with Crippen molar-refractivity contribution in [3.8, 4) is 0 Å². The number of aliphatic hydroxyl groups is 1. The highest BCUT2D eigenvalue weighted by Gasteiger charge is 2.25. The number of carbonyl (C=O) groups is 2. The molecule has 5 nitrogen and oxygen atoms in total. The summed E-state index contributed by atoms with van der Waals surface area (Å²) in [6.07, 6.45) is 0.357. The molecule has 18 heavy (non-hydrogen) atoms. The zero-order valence-corrected chi connectivity index (χ0v) is 11.2. The van der Waals surface area contributed by atoms with E-state index in [4.69, 9.17) is 5.11 Å². The fraction of sp³-hybridized carbons (Fsp3) is 0.500. The van der Waals surface area contributed by atoms with Crippen molar-refractivity contribution in [1.29, 1.82) is 0 Å². The lowest BCUT2D eigenvalue weighted by atomic mass is 10.0. The molecule has 0 fully saturated rings. The summed E-state index contributed by atoms with van der Waals surface area (Å²) in [5.74, 6) is -1.37. The number of aliphatic carboxylic acids is 1. The number of carbonyl (C=O) groups excluding carboxylic acids is 1. The molecule has 100 valence electrons. The molecule has 0 radical (unpaired) electrons. The fourth-order valence-electron chi connectivity index (χ4n) is 1.55. The van der Waals surface area contributed by atoms with Crippen LogP contribution in [0.1, 0.15) is 35.5 Å². The van der Waals surface area contributed by atoms with Crippen molar-refractivity contribution in [2.24, 2.45) is 0 Å². The molecule has 1 rings (SSSR count). The molecule has 0 bridgehead atoms. The molecule has 1 aromatic heterocycles. The lowest BCUT2D eigenvalue weighted by Crippen LogP contribution is -2.42. The van der Waals surface area contributed by atoms with Crippen molar-refractivity contribution >= 4 is 23.2 Å². The Bertz CT molecular complexity index is 439. The van der Waals surface area contributed by atoms with Gasteiger partial charge < -0.3 is 15.5 Å². The second-order valence-electron chi connectivity index (χ2n) is 4.38. The van der Waals surface area contributed by atoms with Crippen LogP contribution in [0.2, 0.25) is 0 Å². The van der Waals surface area contributed by atoms with E-state index in [2.05, 4.69) is 5.32 Å². The molecule has 6 heteroatoms. The quantitative estimate of drug-likeness (QED) is 0.727. The summed E-state index contributed by atoms with van der Waals surface area (Å²) >= 11 is 1.34. The smallest absolute Gasteiger partial charge is 0.306 e. The van der Waals surface area contributed by atoms with Gasteiger partial charge in [-0.1, -0.05) is 6.92 Å². The van der Waals surface area contributed by atoms with Crippen LogP contribution in [0.3, 0.4) is 0 Å². The lowest BCUT2D eigenvalue weighted by molar-refractivity contribution is -0.141. The summed E-state index contributed by atoms with van der Waals surface area (Å²) in [4.78, 5) is 23.0. The monoisotopic (exact) mass is 271 g/mol. The van der Waals surface area contributed by atoms with Gasteiger partial charge in [0.15, 0.2) is 0 Å². The third kappa shape index (κ3) is 4.12. The second-order valence-corrected chi connectivity index (χ2v) is 5.29. The van der Waals surface area contributed by atoms with E-state index in [1.807, 2.05) is 18.4 Å². The first kappa shape index (κ1) is 14.7. The summed E-state index contributed by atoms with van der Waals surface area (Å²) in [5, 5.41) is 22.8. The molecule has 0 aromatic carbocycles. The number of aryl methyl sites for hydroxylation is 1. The van der Waals surface area contributed by atoms with E-state index < -0.39 is 18.0 Å². The molecular weight excluding hydrogens is 254 g/mol. The molecule has 1 amide bonds. The van der Waals surface area contributed by atoms with Crippen LogP contribution in [0.25, 0.3) is 0 Å². The third-order valence-electron chi connectivity index (χ3n) is 2.50. The van der Waals surface area contributed by atoms with E-state index in [0.29, 0.717) is 4.88 Å². The average Bonchev–Trinajstić information content (AvgIpc) is 2.72. The molecule has 0 saturated heterocycles. The van der Waals surface area contributed by atoms with Gasteiger partial charge >= 0.3 is 5.97 Å². The van der Waals surface area contributed by atoms with Gasteiger partial charge in [-0.05, 0) is 30.4 Å². The normalized spacial score (nSPS) is 13.9. The molecule has 1 aromatic rings. The van der Waals surface area contributed by atoms with Crippen LogP contribution in [0, 0.1) is 0 Å². The van der Waals surface area contributed by atoms with Crippen LogP contribution in [-0.2, 0) is 11.2 Å². The number of nitrogens with one attached hydrogen (secondary N) is 1. The average molecular weight is 271 g/mol. The number of carboxylic acids is 1. The number of thiophene rings is 1. The topological polar surface area (TPSA) is 86.6 Å². The summed E-state index contributed by atoms with van der Waals surface area (Å²) in [6, 6.07) is 1.88. The maximum atomic E-state index is 11.9. The van der Waals surface area contributed by atoms with Crippen LogP contribution in [0.15, 0.2) is 11.4 Å². The largest absolute Gasteiger partial charge is 0.481 e. The maximum Gasteiger partial charge on any atom is 0.306 e. The van der Waals surface area contributed by atoms with Crippen molar-refractivity contribution in [2.45, 2.75) is 32.3 Å². The standard InChI is InChI=1S/C12H17NO4S/c1-3-8-4-5-18-10(8)11(16)13-7-12(2,17)6-9(14)15/h4-5,17H,3,6-7H2,1-2H3,(H,13,16)(H,14,15). The molecule has 3 N–H and O–H groups in total. The summed E-state index contributed by atoms with van der Waals surface area (Å²) in [7, 11) is 0. The highest BCUT2D eigenvalue weighted by molar-refractivity contribution is 7.12. The maximum absolute atomic E-state index is 11.9. The predicted octanol–water partition coefficient (Wildman–Crippen LogP) is 1.27. The molecule has 1 atom stereocenters. The van der Waals surface area contributed by atoms with E-state index in [1.54, 1.807) is 0 Å². The molecule has 0 aliphatic rings. The molecule has 1 heterocycles. The minimum Gasteiger partial charge on any atom is -0.481 e. The van der Waals surface area contributed by atoms with Crippen molar-refractivity contribution in [3.05, 3.63) is 21.9 Å². The van der Waals surface area contributed by atoms with Crippen LogP contribution in [0.5, 0.6) is 0 Å². The van der Waals surface area contributed by atoms with Gasteiger partial charge in [0.1, 0.15) is 0 Å². The van der Waals surface area contributed by atoms with Gasteiger partial charge in [-0.2, -0.15) is 0 Å². The lowest BCUT2D eigenvalue weighted by Gasteiger charge is -2.21. The third-order valence-corrected chi connectivity index (χ3v) is 3.45. The fourth-order valence-corrected chi connectivity index (χ4v) is 2.46. The number of rotatable bonds is 6. The van der Waals surface area contributed by atoms with Gasteiger partial charge in [-0.3, -0.25) is 9.59 Å². The number of amides is 1. The van der Waals surface area contributed by atoms with Gasteiger partial charge in [0, 0.05) is 6.54 Å². The van der Waals surface area contributed by atoms with Crippen molar-refractivity contribution in [1.82, 2.24) is 5.32 Å². The zero-order chi connectivity index (χ0) is 13.8. The number of hydrogen-bond donors (Lipinski definition) is 3. The van der Waals surface area contributed by atoms with E-state index in [-0.39, 0.29) is 12.5 Å². The zero-order valence-electron chi connectivity index (χ0n) is 10.4. The molecule has 0 saturated carbocycles. The van der Waals surface area contributed by atoms with E-state index in [9.17, 15) is 14.7 Å². The predicted molar refractivity (Wildman–Crippen MR) is 68.9 cm³/mol. The molecular formula is C12H17NO4S. The van der Waals surface area contributed by atoms with Crippen molar-refractivity contribution in [3.63, 3.8) is 0 Å². The van der Waals surface area contributed by atoms with E-state index in [0.717, 1.165) is 12.0 Å². The summed E-state index contributed by atoms with van der Waals surface area (Å²) in [5.41, 5.74) is -0.485. The van der Waals surface area contributed by atoms with Gasteiger partial charge in [-0.25, -0.2) is 0 Å². The molecule has 0 aliphatic carbocycles. The number of carboxylic acid groups (broad SMARTS) is 1. The summed E-state index contributed by atoms with van der Waals surface area (Å²) < 4.78 is 0. The number of hydrogen-bond acceptors (Lipinski definition) is 4. The Morgan fingerprint density at radius 1 is 1.50 bits per heavy atom. The Balaban J connectivity index is 2.59. The van der Waals surface area contributed by atoms with Gasteiger partial charge in [0.25, 0.3) is 5.91 Å². The van der Waals surface area contributed by atoms with Crippen molar-refractivity contribution < 1.29 is 19.8 Å². The van der Waals surface area contributed by atoms with Crippen LogP contribution >= 0.6 is 11.3 Å². The second kappa shape index (κ2) is 5.97.